The molecule has 2 aromatic rings. The van der Waals surface area contributed by atoms with Crippen LogP contribution in [0.5, 0.6) is 0 Å². The number of oxazole rings is 1. The van der Waals surface area contributed by atoms with Crippen molar-refractivity contribution < 1.29 is 9.21 Å². The molecule has 0 saturated heterocycles. The molecular formula is C10H9NO3. The molecule has 4 heteroatoms. The molecule has 0 fully saturated rings. The predicted molar refractivity (Wildman–Crippen MR) is 51.2 cm³/mol. The van der Waals surface area contributed by atoms with E-state index in [1.165, 1.54) is 6.92 Å². The van der Waals surface area contributed by atoms with E-state index in [4.69, 9.17) is 4.42 Å². The van der Waals surface area contributed by atoms with Crippen LogP contribution in [-0.4, -0.2) is 10.8 Å². The Bertz CT molecular complexity index is 536. The molecular weight excluding hydrogens is 182 g/mol. The van der Waals surface area contributed by atoms with Crippen LogP contribution < -0.4 is 5.76 Å². The molecule has 0 aliphatic rings. The first-order valence-corrected chi connectivity index (χ1v) is 4.27. The molecule has 0 aliphatic heterocycles. The van der Waals surface area contributed by atoms with Gasteiger partial charge in [-0.15, -0.1) is 0 Å². The predicted octanol–water partition coefficient (Wildman–Crippen LogP) is 1.25. The third kappa shape index (κ3) is 1.46. The van der Waals surface area contributed by atoms with Crippen molar-refractivity contribution in [1.82, 2.24) is 4.98 Å². The summed E-state index contributed by atoms with van der Waals surface area (Å²) >= 11 is 0. The zero-order valence-electron chi connectivity index (χ0n) is 7.66. The van der Waals surface area contributed by atoms with Crippen LogP contribution >= 0.6 is 0 Å². The number of nitrogens with one attached hydrogen (secondary N) is 1. The molecule has 1 N–H and O–H groups in total. The van der Waals surface area contributed by atoms with Crippen molar-refractivity contribution in [2.45, 2.75) is 13.3 Å². The standard InChI is InChI=1S/C10H9NO3/c1-6(12)5-7-3-2-4-8-9(7)11-10(13)14-8/h2-4H,5H2,1H3,(H,11,13). The molecule has 1 heterocycles. The monoisotopic (exact) mass is 191 g/mol. The van der Waals surface area contributed by atoms with E-state index in [9.17, 15) is 9.59 Å². The molecule has 0 amide bonds. The van der Waals surface area contributed by atoms with Crippen LogP contribution in [0.3, 0.4) is 0 Å². The smallest absolute Gasteiger partial charge is 0.408 e. The average molecular weight is 191 g/mol. The van der Waals surface area contributed by atoms with Crippen LogP contribution in [0.15, 0.2) is 27.4 Å². The summed E-state index contributed by atoms with van der Waals surface area (Å²) in [7, 11) is 0. The second kappa shape index (κ2) is 3.14. The number of fused-ring (bicyclic) bond motifs is 1. The van der Waals surface area contributed by atoms with Gasteiger partial charge in [0.05, 0.1) is 5.52 Å². The number of benzene rings is 1. The van der Waals surface area contributed by atoms with Crippen LogP contribution in [0.1, 0.15) is 12.5 Å². The number of hydrogen-bond donors (Lipinski definition) is 1. The highest BCUT2D eigenvalue weighted by Gasteiger charge is 2.07. The topological polar surface area (TPSA) is 63.1 Å². The van der Waals surface area contributed by atoms with E-state index in [0.717, 1.165) is 5.56 Å². The second-order valence-electron chi connectivity index (χ2n) is 3.18. The van der Waals surface area contributed by atoms with Gasteiger partial charge in [-0.1, -0.05) is 12.1 Å². The number of aromatic nitrogens is 1. The quantitative estimate of drug-likeness (QED) is 0.777. The lowest BCUT2D eigenvalue weighted by Crippen LogP contribution is -1.98. The highest BCUT2D eigenvalue weighted by molar-refractivity contribution is 5.84. The number of carbonyl (C=O) groups excluding carboxylic acids is 1. The molecule has 1 aromatic carbocycles. The number of Topliss-reactive ketones (excluding diaryl/α,β-unsaturated/α-hetero) is 1. The van der Waals surface area contributed by atoms with E-state index in [0.29, 0.717) is 17.5 Å². The molecule has 1 aromatic heterocycles. The Morgan fingerprint density at radius 1 is 1.50 bits per heavy atom. The van der Waals surface area contributed by atoms with Gasteiger partial charge in [0, 0.05) is 6.42 Å². The maximum Gasteiger partial charge on any atom is 0.417 e. The highest BCUT2D eigenvalue weighted by Crippen LogP contribution is 2.15. The van der Waals surface area contributed by atoms with Gasteiger partial charge in [-0.2, -0.15) is 0 Å². The summed E-state index contributed by atoms with van der Waals surface area (Å²) in [5.41, 5.74) is 1.90. The Morgan fingerprint density at radius 3 is 3.00 bits per heavy atom. The SMILES string of the molecule is CC(=O)Cc1cccc2oc(=O)[nH]c12. The molecule has 14 heavy (non-hydrogen) atoms. The first-order chi connectivity index (χ1) is 6.66. The van der Waals surface area contributed by atoms with E-state index in [1.807, 2.05) is 0 Å². The largest absolute Gasteiger partial charge is 0.417 e. The maximum atomic E-state index is 10.9. The van der Waals surface area contributed by atoms with Gasteiger partial charge < -0.3 is 4.42 Å². The summed E-state index contributed by atoms with van der Waals surface area (Å²) < 4.78 is 4.87. The van der Waals surface area contributed by atoms with Crippen molar-refractivity contribution in [1.29, 1.82) is 0 Å². The van der Waals surface area contributed by atoms with Gasteiger partial charge >= 0.3 is 5.76 Å². The summed E-state index contributed by atoms with van der Waals surface area (Å²) in [6.45, 7) is 1.51. The normalized spacial score (nSPS) is 10.6. The first-order valence-electron chi connectivity index (χ1n) is 4.27. The third-order valence-electron chi connectivity index (χ3n) is 1.98. The second-order valence-corrected chi connectivity index (χ2v) is 3.18. The van der Waals surface area contributed by atoms with Crippen LogP contribution in [0.2, 0.25) is 0 Å². The molecule has 72 valence electrons. The number of aromatic amines is 1. The maximum absolute atomic E-state index is 10.9. The van der Waals surface area contributed by atoms with E-state index in [1.54, 1.807) is 18.2 Å². The molecule has 0 saturated carbocycles. The molecule has 4 nitrogen and oxygen atoms in total. The van der Waals surface area contributed by atoms with Crippen molar-refractivity contribution in [2.24, 2.45) is 0 Å². The number of carbonyl (C=O) groups is 1. The van der Waals surface area contributed by atoms with Crippen molar-refractivity contribution >= 4 is 16.9 Å². The fraction of sp³-hybridized carbons (Fsp3) is 0.200. The number of H-pyrrole nitrogens is 1. The summed E-state index contributed by atoms with van der Waals surface area (Å²) in [5.74, 6) is -0.435. The number of para-hydroxylation sites is 1. The Hall–Kier alpha value is -1.84. The van der Waals surface area contributed by atoms with Crippen LogP contribution in [-0.2, 0) is 11.2 Å². The molecule has 0 bridgehead atoms. The Labute approximate surface area is 79.5 Å². The van der Waals surface area contributed by atoms with Gasteiger partial charge in [-0.05, 0) is 18.6 Å². The zero-order valence-corrected chi connectivity index (χ0v) is 7.66. The van der Waals surface area contributed by atoms with Gasteiger partial charge in [0.25, 0.3) is 0 Å². The zero-order chi connectivity index (χ0) is 10.1. The van der Waals surface area contributed by atoms with Gasteiger partial charge in [-0.25, -0.2) is 4.79 Å². The van der Waals surface area contributed by atoms with Crippen molar-refractivity contribution in [3.63, 3.8) is 0 Å². The first kappa shape index (κ1) is 8.74. The fourth-order valence-electron chi connectivity index (χ4n) is 1.45. The minimum absolute atomic E-state index is 0.0551. The van der Waals surface area contributed by atoms with Crippen LogP contribution in [0.25, 0.3) is 11.1 Å². The van der Waals surface area contributed by atoms with E-state index in [-0.39, 0.29) is 5.78 Å². The van der Waals surface area contributed by atoms with Crippen molar-refractivity contribution in [3.05, 3.63) is 34.3 Å². The lowest BCUT2D eigenvalue weighted by Gasteiger charge is -1.97. The third-order valence-corrected chi connectivity index (χ3v) is 1.98. The van der Waals surface area contributed by atoms with Crippen molar-refractivity contribution in [3.8, 4) is 0 Å². The van der Waals surface area contributed by atoms with E-state index >= 15 is 0 Å². The molecule has 0 unspecified atom stereocenters. The highest BCUT2D eigenvalue weighted by atomic mass is 16.4. The fourth-order valence-corrected chi connectivity index (χ4v) is 1.45. The van der Waals surface area contributed by atoms with Crippen LogP contribution in [0.4, 0.5) is 0 Å². The Morgan fingerprint density at radius 2 is 2.29 bits per heavy atom. The van der Waals surface area contributed by atoms with Gasteiger partial charge in [0.15, 0.2) is 5.58 Å². The molecule has 0 spiro atoms. The number of hydrogen-bond acceptors (Lipinski definition) is 3. The molecule has 0 atom stereocenters. The lowest BCUT2D eigenvalue weighted by atomic mass is 10.1. The molecule has 2 rings (SSSR count). The molecule has 0 radical (unpaired) electrons. The summed E-state index contributed by atoms with van der Waals surface area (Å²) in [4.78, 5) is 24.4. The average Bonchev–Trinajstić information content (AvgIpc) is 2.45. The Kier molecular flexibility index (Phi) is 1.96. The molecule has 0 aliphatic carbocycles. The van der Waals surface area contributed by atoms with Gasteiger partial charge in [0.1, 0.15) is 5.78 Å². The summed E-state index contributed by atoms with van der Waals surface area (Å²) in [6, 6.07) is 5.25. The van der Waals surface area contributed by atoms with Gasteiger partial charge in [-0.3, -0.25) is 9.78 Å². The Balaban J connectivity index is 2.64. The van der Waals surface area contributed by atoms with Crippen molar-refractivity contribution in [2.75, 3.05) is 0 Å². The van der Waals surface area contributed by atoms with Gasteiger partial charge in [0.2, 0.25) is 0 Å². The minimum Gasteiger partial charge on any atom is -0.408 e. The van der Waals surface area contributed by atoms with E-state index < -0.39 is 5.76 Å². The van der Waals surface area contributed by atoms with E-state index in [2.05, 4.69) is 4.98 Å². The lowest BCUT2D eigenvalue weighted by molar-refractivity contribution is -0.116. The summed E-state index contributed by atoms with van der Waals surface area (Å²) in [6.07, 6.45) is 0.312. The summed E-state index contributed by atoms with van der Waals surface area (Å²) in [5, 5.41) is 0. The minimum atomic E-state index is -0.490. The van der Waals surface area contributed by atoms with Crippen LogP contribution in [0, 0.1) is 0 Å². The number of rotatable bonds is 2. The number of ketones is 1.